The van der Waals surface area contributed by atoms with Gasteiger partial charge in [0.2, 0.25) is 0 Å². The monoisotopic (exact) mass is 238 g/mol. The number of thioether (sulfide) groups is 1. The van der Waals surface area contributed by atoms with Crippen molar-refractivity contribution in [2.45, 2.75) is 38.5 Å². The van der Waals surface area contributed by atoms with Crippen LogP contribution in [0, 0.1) is 0 Å². The van der Waals surface area contributed by atoms with E-state index in [-0.39, 0.29) is 0 Å². The maximum Gasteiger partial charge on any atom is 0.0270 e. The number of aromatic nitrogens is 1. The van der Waals surface area contributed by atoms with Crippen molar-refractivity contribution in [3.63, 3.8) is 0 Å². The molecular formula is C13H22N2S. The highest BCUT2D eigenvalue weighted by Crippen LogP contribution is 2.13. The predicted octanol–water partition coefficient (Wildman–Crippen LogP) is 2.74. The van der Waals surface area contributed by atoms with E-state index in [0.717, 1.165) is 13.0 Å². The largest absolute Gasteiger partial charge is 0.313 e. The zero-order valence-corrected chi connectivity index (χ0v) is 11.3. The van der Waals surface area contributed by atoms with Gasteiger partial charge in [-0.1, -0.05) is 20.8 Å². The Hall–Kier alpha value is -0.540. The van der Waals surface area contributed by atoms with Gasteiger partial charge in [0.15, 0.2) is 0 Å². The van der Waals surface area contributed by atoms with Crippen LogP contribution in [0.4, 0.5) is 0 Å². The number of nitrogens with one attached hydrogen (secondary N) is 1. The Kier molecular flexibility index (Phi) is 6.50. The van der Waals surface area contributed by atoms with Gasteiger partial charge < -0.3 is 5.32 Å². The molecule has 0 radical (unpaired) electrons. The molecule has 90 valence electrons. The minimum absolute atomic E-state index is 0.569. The first-order chi connectivity index (χ1) is 7.72. The Bertz CT molecular complexity index is 275. The number of likely N-dealkylation sites (N-methyl/N-ethyl adjacent to an activating group) is 1. The fraction of sp³-hybridized carbons (Fsp3) is 0.615. The average Bonchev–Trinajstić information content (AvgIpc) is 2.27. The smallest absolute Gasteiger partial charge is 0.0270 e. The number of nitrogens with zero attached hydrogens (tertiary/aromatic N) is 1. The first-order valence-corrected chi connectivity index (χ1v) is 7.01. The highest BCUT2D eigenvalue weighted by molar-refractivity contribution is 7.99. The summed E-state index contributed by atoms with van der Waals surface area (Å²) in [6, 6.07) is 4.77. The minimum atomic E-state index is 0.569. The molecule has 0 saturated heterocycles. The number of rotatable bonds is 7. The Morgan fingerprint density at radius 2 is 2.00 bits per heavy atom. The lowest BCUT2D eigenvalue weighted by Gasteiger charge is -2.18. The molecule has 1 rings (SSSR count). The molecule has 0 aliphatic rings. The summed E-state index contributed by atoms with van der Waals surface area (Å²) in [5.74, 6) is 1.17. The Balaban J connectivity index is 2.44. The van der Waals surface area contributed by atoms with Gasteiger partial charge in [-0.05, 0) is 35.9 Å². The van der Waals surface area contributed by atoms with E-state index in [9.17, 15) is 0 Å². The molecule has 0 amide bonds. The summed E-state index contributed by atoms with van der Waals surface area (Å²) < 4.78 is 0. The van der Waals surface area contributed by atoms with Gasteiger partial charge in [0.05, 0.1) is 0 Å². The molecule has 0 spiro atoms. The number of pyridine rings is 1. The molecule has 0 saturated carbocycles. The molecule has 1 N–H and O–H groups in total. The van der Waals surface area contributed by atoms with Crippen molar-refractivity contribution in [2.75, 3.05) is 12.3 Å². The van der Waals surface area contributed by atoms with Gasteiger partial charge in [0.25, 0.3) is 0 Å². The van der Waals surface area contributed by atoms with Crippen LogP contribution in [0.15, 0.2) is 24.5 Å². The van der Waals surface area contributed by atoms with Gasteiger partial charge in [0, 0.05) is 24.2 Å². The van der Waals surface area contributed by atoms with Crippen molar-refractivity contribution in [3.05, 3.63) is 30.1 Å². The van der Waals surface area contributed by atoms with Gasteiger partial charge >= 0.3 is 0 Å². The van der Waals surface area contributed by atoms with Gasteiger partial charge in [-0.3, -0.25) is 4.98 Å². The molecule has 0 aromatic carbocycles. The van der Waals surface area contributed by atoms with Crippen LogP contribution in [-0.4, -0.2) is 28.6 Å². The van der Waals surface area contributed by atoms with Crippen molar-refractivity contribution >= 4 is 11.8 Å². The van der Waals surface area contributed by atoms with Gasteiger partial charge in [-0.2, -0.15) is 11.8 Å². The second-order valence-corrected chi connectivity index (χ2v) is 5.81. The molecule has 0 aliphatic heterocycles. The van der Waals surface area contributed by atoms with E-state index < -0.39 is 0 Å². The number of hydrogen-bond acceptors (Lipinski definition) is 3. The standard InChI is InChI=1S/C13H22N2S/c1-4-15-13(10-16-11(2)3)9-12-5-7-14-8-6-12/h5-8,11,13,15H,4,9-10H2,1-3H3. The van der Waals surface area contributed by atoms with Crippen LogP contribution in [0.2, 0.25) is 0 Å². The maximum absolute atomic E-state index is 4.05. The second kappa shape index (κ2) is 7.69. The lowest BCUT2D eigenvalue weighted by Crippen LogP contribution is -2.33. The molecular weight excluding hydrogens is 216 g/mol. The predicted molar refractivity (Wildman–Crippen MR) is 73.0 cm³/mol. The Morgan fingerprint density at radius 1 is 1.31 bits per heavy atom. The van der Waals surface area contributed by atoms with E-state index in [1.54, 1.807) is 0 Å². The summed E-state index contributed by atoms with van der Waals surface area (Å²) in [5, 5.41) is 4.25. The molecule has 2 nitrogen and oxygen atoms in total. The second-order valence-electron chi connectivity index (χ2n) is 4.20. The van der Waals surface area contributed by atoms with E-state index in [4.69, 9.17) is 0 Å². The highest BCUT2D eigenvalue weighted by Gasteiger charge is 2.09. The summed E-state index contributed by atoms with van der Waals surface area (Å²) in [5.41, 5.74) is 1.37. The van der Waals surface area contributed by atoms with Gasteiger partial charge in [-0.25, -0.2) is 0 Å². The minimum Gasteiger partial charge on any atom is -0.313 e. The third-order valence-corrected chi connectivity index (χ3v) is 3.62. The molecule has 1 unspecified atom stereocenters. The molecule has 0 aliphatic carbocycles. The van der Waals surface area contributed by atoms with Crippen molar-refractivity contribution in [1.82, 2.24) is 10.3 Å². The summed E-state index contributed by atoms with van der Waals surface area (Å²) in [6.45, 7) is 7.70. The third-order valence-electron chi connectivity index (χ3n) is 2.36. The first kappa shape index (κ1) is 13.5. The maximum atomic E-state index is 4.05. The Morgan fingerprint density at radius 3 is 2.56 bits per heavy atom. The average molecular weight is 238 g/mol. The molecule has 0 bridgehead atoms. The van der Waals surface area contributed by atoms with Crippen molar-refractivity contribution in [1.29, 1.82) is 0 Å². The molecule has 0 fully saturated rings. The van der Waals surface area contributed by atoms with Gasteiger partial charge in [0.1, 0.15) is 0 Å². The van der Waals surface area contributed by atoms with Crippen molar-refractivity contribution < 1.29 is 0 Å². The lowest BCUT2D eigenvalue weighted by atomic mass is 10.1. The highest BCUT2D eigenvalue weighted by atomic mass is 32.2. The molecule has 3 heteroatoms. The Labute approximate surface area is 103 Å². The molecule has 1 heterocycles. The van der Waals surface area contributed by atoms with Crippen LogP contribution in [0.1, 0.15) is 26.3 Å². The third kappa shape index (κ3) is 5.52. The van der Waals surface area contributed by atoms with E-state index in [2.05, 4.69) is 43.2 Å². The summed E-state index contributed by atoms with van der Waals surface area (Å²) >= 11 is 2.02. The van der Waals surface area contributed by atoms with Crippen LogP contribution in [0.3, 0.4) is 0 Å². The lowest BCUT2D eigenvalue weighted by molar-refractivity contribution is 0.572. The fourth-order valence-electron chi connectivity index (χ4n) is 1.59. The quantitative estimate of drug-likeness (QED) is 0.790. The van der Waals surface area contributed by atoms with Gasteiger partial charge in [-0.15, -0.1) is 0 Å². The SMILES string of the molecule is CCNC(CSC(C)C)Cc1ccncc1. The molecule has 1 aromatic heterocycles. The van der Waals surface area contributed by atoms with E-state index in [1.165, 1.54) is 11.3 Å². The normalized spacial score (nSPS) is 13.0. The van der Waals surface area contributed by atoms with Crippen LogP contribution in [0.25, 0.3) is 0 Å². The van der Waals surface area contributed by atoms with Crippen molar-refractivity contribution in [3.8, 4) is 0 Å². The number of hydrogen-bond donors (Lipinski definition) is 1. The van der Waals surface area contributed by atoms with E-state index >= 15 is 0 Å². The van der Waals surface area contributed by atoms with E-state index in [1.807, 2.05) is 24.2 Å². The fourth-order valence-corrected chi connectivity index (χ4v) is 2.44. The van der Waals surface area contributed by atoms with Crippen LogP contribution >= 0.6 is 11.8 Å². The zero-order valence-electron chi connectivity index (χ0n) is 10.4. The molecule has 16 heavy (non-hydrogen) atoms. The topological polar surface area (TPSA) is 24.9 Å². The molecule has 1 aromatic rings. The van der Waals surface area contributed by atoms with Crippen LogP contribution in [0.5, 0.6) is 0 Å². The van der Waals surface area contributed by atoms with Crippen LogP contribution < -0.4 is 5.32 Å². The summed E-state index contributed by atoms with van der Waals surface area (Å²) in [6.07, 6.45) is 4.83. The summed E-state index contributed by atoms with van der Waals surface area (Å²) in [7, 11) is 0. The summed E-state index contributed by atoms with van der Waals surface area (Å²) in [4.78, 5) is 4.05. The zero-order chi connectivity index (χ0) is 11.8. The van der Waals surface area contributed by atoms with E-state index in [0.29, 0.717) is 11.3 Å². The van der Waals surface area contributed by atoms with Crippen LogP contribution in [-0.2, 0) is 6.42 Å². The first-order valence-electron chi connectivity index (χ1n) is 5.96. The van der Waals surface area contributed by atoms with Crippen molar-refractivity contribution in [2.24, 2.45) is 0 Å². The molecule has 1 atom stereocenters.